The van der Waals surface area contributed by atoms with Gasteiger partial charge in [-0.15, -0.1) is 11.6 Å². The molecule has 106 valence electrons. The van der Waals surface area contributed by atoms with Gasteiger partial charge in [0.15, 0.2) is 0 Å². The summed E-state index contributed by atoms with van der Waals surface area (Å²) in [5.74, 6) is 0.699. The van der Waals surface area contributed by atoms with Gasteiger partial charge in [-0.1, -0.05) is 34.1 Å². The summed E-state index contributed by atoms with van der Waals surface area (Å²) in [6.45, 7) is 0. The van der Waals surface area contributed by atoms with Crippen molar-refractivity contribution in [3.8, 4) is 0 Å². The van der Waals surface area contributed by atoms with E-state index in [0.717, 1.165) is 22.9 Å². The van der Waals surface area contributed by atoms with E-state index in [9.17, 15) is 4.39 Å². The Morgan fingerprint density at radius 2 is 1.55 bits per heavy atom. The lowest BCUT2D eigenvalue weighted by Crippen LogP contribution is -2.10. The maximum absolute atomic E-state index is 13.2. The van der Waals surface area contributed by atoms with Crippen molar-refractivity contribution in [2.75, 3.05) is 5.88 Å². The lowest BCUT2D eigenvalue weighted by atomic mass is 9.94. The van der Waals surface area contributed by atoms with Crippen LogP contribution in [-0.2, 0) is 12.8 Å². The van der Waals surface area contributed by atoms with Gasteiger partial charge < -0.3 is 0 Å². The van der Waals surface area contributed by atoms with E-state index in [1.165, 1.54) is 11.6 Å². The topological polar surface area (TPSA) is 0 Å². The maximum Gasteiger partial charge on any atom is 0.137 e. The van der Waals surface area contributed by atoms with Gasteiger partial charge in [0.2, 0.25) is 0 Å². The molecule has 0 nitrogen and oxygen atoms in total. The Bertz CT molecular complexity index is 569. The highest BCUT2D eigenvalue weighted by Gasteiger charge is 2.11. The summed E-state index contributed by atoms with van der Waals surface area (Å²) in [4.78, 5) is 0. The molecule has 2 aromatic carbocycles. The number of benzene rings is 2. The van der Waals surface area contributed by atoms with E-state index in [4.69, 9.17) is 11.6 Å². The van der Waals surface area contributed by atoms with Gasteiger partial charge in [-0.05, 0) is 70.1 Å². The SMILES string of the molecule is Fc1ccc(CC(CCl)Cc2ccc(Br)cc2)cc1Br. The highest BCUT2D eigenvalue weighted by atomic mass is 79.9. The summed E-state index contributed by atoms with van der Waals surface area (Å²) in [6, 6.07) is 13.4. The molecule has 0 amide bonds. The van der Waals surface area contributed by atoms with Gasteiger partial charge >= 0.3 is 0 Å². The molecule has 4 heteroatoms. The van der Waals surface area contributed by atoms with Crippen LogP contribution in [0.5, 0.6) is 0 Å². The molecular weight excluding hydrogens is 406 g/mol. The van der Waals surface area contributed by atoms with Crippen molar-refractivity contribution in [3.63, 3.8) is 0 Å². The predicted octanol–water partition coefficient (Wildman–Crippen LogP) is 5.99. The van der Waals surface area contributed by atoms with E-state index in [0.29, 0.717) is 16.3 Å². The minimum atomic E-state index is -0.232. The van der Waals surface area contributed by atoms with Crippen molar-refractivity contribution in [1.82, 2.24) is 0 Å². The second-order valence-corrected chi connectivity index (χ2v) is 6.88. The lowest BCUT2D eigenvalue weighted by Gasteiger charge is -2.14. The average Bonchev–Trinajstić information content (AvgIpc) is 2.44. The standard InChI is InChI=1S/C16H14Br2ClF/c17-14-4-1-11(2-5-14)7-13(10-19)8-12-3-6-16(20)15(18)9-12/h1-6,9,13H,7-8,10H2. The molecule has 20 heavy (non-hydrogen) atoms. The number of alkyl halides is 1. The molecule has 0 aliphatic rings. The normalized spacial score (nSPS) is 12.4. The fraction of sp³-hybridized carbons (Fsp3) is 0.250. The fourth-order valence-corrected chi connectivity index (χ4v) is 3.04. The molecule has 1 unspecified atom stereocenters. The largest absolute Gasteiger partial charge is 0.206 e. The lowest BCUT2D eigenvalue weighted by molar-refractivity contribution is 0.580. The Hall–Kier alpha value is -0.380. The van der Waals surface area contributed by atoms with E-state index < -0.39 is 0 Å². The van der Waals surface area contributed by atoms with Crippen LogP contribution in [0, 0.1) is 11.7 Å². The first-order chi connectivity index (χ1) is 9.58. The zero-order chi connectivity index (χ0) is 14.5. The molecular formula is C16H14Br2ClF. The molecule has 0 radical (unpaired) electrons. The number of rotatable bonds is 5. The minimum Gasteiger partial charge on any atom is -0.206 e. The van der Waals surface area contributed by atoms with Crippen LogP contribution in [0.2, 0.25) is 0 Å². The smallest absolute Gasteiger partial charge is 0.137 e. The summed E-state index contributed by atoms with van der Waals surface area (Å²) in [5.41, 5.74) is 2.36. The average molecular weight is 421 g/mol. The van der Waals surface area contributed by atoms with Crippen LogP contribution in [0.15, 0.2) is 51.4 Å². The second kappa shape index (κ2) is 7.58. The first kappa shape index (κ1) is 16.0. The molecule has 0 saturated heterocycles. The molecule has 0 heterocycles. The van der Waals surface area contributed by atoms with Gasteiger partial charge in [0.1, 0.15) is 5.82 Å². The molecule has 0 aromatic heterocycles. The Kier molecular flexibility index (Phi) is 6.06. The second-order valence-electron chi connectivity index (χ2n) is 4.80. The Morgan fingerprint density at radius 1 is 0.950 bits per heavy atom. The van der Waals surface area contributed by atoms with E-state index in [1.54, 1.807) is 0 Å². The zero-order valence-corrected chi connectivity index (χ0v) is 14.7. The first-order valence-electron chi connectivity index (χ1n) is 6.33. The monoisotopic (exact) mass is 418 g/mol. The third kappa shape index (κ3) is 4.57. The number of hydrogen-bond acceptors (Lipinski definition) is 0. The maximum atomic E-state index is 13.2. The van der Waals surface area contributed by atoms with E-state index in [1.807, 2.05) is 24.3 Å². The molecule has 0 spiro atoms. The zero-order valence-electron chi connectivity index (χ0n) is 10.8. The molecule has 0 bridgehead atoms. The molecule has 0 fully saturated rings. The van der Waals surface area contributed by atoms with Crippen molar-refractivity contribution in [1.29, 1.82) is 0 Å². The van der Waals surface area contributed by atoms with Gasteiger partial charge in [0.05, 0.1) is 4.47 Å². The Balaban J connectivity index is 2.04. The van der Waals surface area contributed by atoms with Crippen LogP contribution in [0.4, 0.5) is 4.39 Å². The molecule has 0 saturated carbocycles. The van der Waals surface area contributed by atoms with E-state index >= 15 is 0 Å². The Labute approximate surface area is 140 Å². The van der Waals surface area contributed by atoms with Crippen molar-refractivity contribution < 1.29 is 4.39 Å². The predicted molar refractivity (Wildman–Crippen MR) is 89.9 cm³/mol. The van der Waals surface area contributed by atoms with Crippen molar-refractivity contribution in [2.45, 2.75) is 12.8 Å². The van der Waals surface area contributed by atoms with Crippen molar-refractivity contribution >= 4 is 43.5 Å². The summed E-state index contributed by atoms with van der Waals surface area (Å²) >= 11 is 12.7. The van der Waals surface area contributed by atoms with Gasteiger partial charge in [-0.3, -0.25) is 0 Å². The van der Waals surface area contributed by atoms with E-state index in [2.05, 4.69) is 44.0 Å². The fourth-order valence-electron chi connectivity index (χ4n) is 2.14. The molecule has 0 N–H and O–H groups in total. The minimum absolute atomic E-state index is 0.232. The highest BCUT2D eigenvalue weighted by Crippen LogP contribution is 2.22. The highest BCUT2D eigenvalue weighted by molar-refractivity contribution is 9.10. The number of hydrogen-bond donors (Lipinski definition) is 0. The summed E-state index contributed by atoms with van der Waals surface area (Å²) < 4.78 is 14.8. The van der Waals surface area contributed by atoms with Crippen LogP contribution in [0.3, 0.4) is 0 Å². The molecule has 2 aromatic rings. The summed E-state index contributed by atoms with van der Waals surface area (Å²) in [6.07, 6.45) is 1.77. The van der Waals surface area contributed by atoms with Crippen LogP contribution in [-0.4, -0.2) is 5.88 Å². The molecule has 1 atom stereocenters. The molecule has 0 aliphatic heterocycles. The van der Waals surface area contributed by atoms with Gasteiger partial charge in [-0.2, -0.15) is 0 Å². The quantitative estimate of drug-likeness (QED) is 0.521. The third-order valence-corrected chi connectivity index (χ3v) is 4.74. The molecule has 0 aliphatic carbocycles. The van der Waals surface area contributed by atoms with Gasteiger partial charge in [-0.25, -0.2) is 4.39 Å². The van der Waals surface area contributed by atoms with Crippen LogP contribution in [0.1, 0.15) is 11.1 Å². The summed E-state index contributed by atoms with van der Waals surface area (Å²) in [5, 5.41) is 0. The summed E-state index contributed by atoms with van der Waals surface area (Å²) in [7, 11) is 0. The molecule has 2 rings (SSSR count). The number of halogens is 4. The van der Waals surface area contributed by atoms with Crippen LogP contribution in [0.25, 0.3) is 0 Å². The third-order valence-electron chi connectivity index (χ3n) is 3.16. The van der Waals surface area contributed by atoms with Gasteiger partial charge in [0.25, 0.3) is 0 Å². The first-order valence-corrected chi connectivity index (χ1v) is 8.45. The van der Waals surface area contributed by atoms with Crippen LogP contribution >= 0.6 is 43.5 Å². The van der Waals surface area contributed by atoms with Crippen LogP contribution < -0.4 is 0 Å². The van der Waals surface area contributed by atoms with Crippen molar-refractivity contribution in [2.24, 2.45) is 5.92 Å². The van der Waals surface area contributed by atoms with Gasteiger partial charge in [0, 0.05) is 10.4 Å². The van der Waals surface area contributed by atoms with Crippen molar-refractivity contribution in [3.05, 3.63) is 68.4 Å². The Morgan fingerprint density at radius 3 is 2.15 bits per heavy atom. The van der Waals surface area contributed by atoms with E-state index in [-0.39, 0.29) is 5.82 Å².